The van der Waals surface area contributed by atoms with Gasteiger partial charge >= 0.3 is 0 Å². The molecule has 5 aromatic rings. The van der Waals surface area contributed by atoms with Crippen LogP contribution in [0.3, 0.4) is 0 Å². The molecule has 0 saturated carbocycles. The molecule has 7 rings (SSSR count). The van der Waals surface area contributed by atoms with E-state index in [0.717, 1.165) is 33.8 Å². The van der Waals surface area contributed by atoms with E-state index in [1.54, 1.807) is 6.07 Å². The monoisotopic (exact) mass is 476 g/mol. The summed E-state index contributed by atoms with van der Waals surface area (Å²) < 4.78 is 6.48. The summed E-state index contributed by atoms with van der Waals surface area (Å²) in [6.45, 7) is 0. The minimum atomic E-state index is -0.476. The molecular weight excluding hydrogens is 459 g/mol. The van der Waals surface area contributed by atoms with Crippen LogP contribution in [0.2, 0.25) is 10.0 Å². The zero-order valence-electron chi connectivity index (χ0n) is 18.1. The van der Waals surface area contributed by atoms with Crippen LogP contribution in [0.5, 0.6) is 11.5 Å². The normalized spacial score (nSPS) is 14.1. The summed E-state index contributed by atoms with van der Waals surface area (Å²) in [5, 5.41) is 1.24. The van der Waals surface area contributed by atoms with Gasteiger partial charge in [-0.1, -0.05) is 96.0 Å². The van der Waals surface area contributed by atoms with Crippen LogP contribution < -0.4 is 4.74 Å². The Hall–Kier alpha value is -3.52. The molecule has 1 aliphatic heterocycles. The Balaban J connectivity index is 1.61. The highest BCUT2D eigenvalue weighted by Crippen LogP contribution is 2.62. The Bertz CT molecular complexity index is 1550. The fourth-order valence-corrected chi connectivity index (χ4v) is 6.28. The minimum Gasteiger partial charge on any atom is -0.457 e. The molecule has 1 nitrogen and oxygen atoms in total. The Kier molecular flexibility index (Phi) is 4.24. The summed E-state index contributed by atoms with van der Waals surface area (Å²) >= 11 is 12.7. The van der Waals surface area contributed by atoms with Crippen LogP contribution in [-0.4, -0.2) is 0 Å². The van der Waals surface area contributed by atoms with Crippen LogP contribution in [0.4, 0.5) is 0 Å². The number of fused-ring (bicyclic) bond motifs is 9. The van der Waals surface area contributed by atoms with Gasteiger partial charge in [0.05, 0.1) is 5.41 Å². The second-order valence-corrected chi connectivity index (χ2v) is 9.68. The third-order valence-corrected chi connectivity index (χ3v) is 7.48. The number of rotatable bonds is 1. The van der Waals surface area contributed by atoms with Crippen LogP contribution in [0.1, 0.15) is 22.3 Å². The Morgan fingerprint density at radius 1 is 0.471 bits per heavy atom. The molecule has 0 unspecified atom stereocenters. The molecule has 0 fully saturated rings. The standard InChI is InChI=1S/C31H18Cl2O/c32-21-15-20(16-22(33)18-21)19-13-14-30-28(17-19)31(27-11-5-6-12-29(27)34-30)25-9-3-1-7-23(25)24-8-2-4-10-26(24)31/h1-18H. The predicted molar refractivity (Wildman–Crippen MR) is 139 cm³/mol. The van der Waals surface area contributed by atoms with E-state index < -0.39 is 5.41 Å². The molecule has 1 aliphatic carbocycles. The maximum absolute atomic E-state index is 6.48. The average molecular weight is 477 g/mol. The molecule has 0 aromatic heterocycles. The lowest BCUT2D eigenvalue weighted by atomic mass is 9.66. The summed E-state index contributed by atoms with van der Waals surface area (Å²) in [5.41, 5.74) is 8.90. The third-order valence-electron chi connectivity index (χ3n) is 7.04. The SMILES string of the molecule is Clc1cc(Cl)cc(-c2ccc3c(c2)C2(c4ccccc4O3)c3ccccc3-c3ccccc32)c1. The molecule has 162 valence electrons. The van der Waals surface area contributed by atoms with Gasteiger partial charge in [-0.2, -0.15) is 0 Å². The molecule has 0 atom stereocenters. The molecule has 0 bridgehead atoms. The second kappa shape index (κ2) is 7.24. The maximum atomic E-state index is 6.48. The molecule has 1 spiro atoms. The van der Waals surface area contributed by atoms with Gasteiger partial charge in [0.25, 0.3) is 0 Å². The smallest absolute Gasteiger partial charge is 0.132 e. The molecule has 1 heterocycles. The third kappa shape index (κ3) is 2.63. The van der Waals surface area contributed by atoms with Crippen molar-refractivity contribution in [2.75, 3.05) is 0 Å². The molecule has 0 saturated heterocycles. The Labute approximate surface area is 208 Å². The van der Waals surface area contributed by atoms with Crippen LogP contribution in [0.15, 0.2) is 109 Å². The molecule has 3 heteroatoms. The van der Waals surface area contributed by atoms with Crippen molar-refractivity contribution in [3.8, 4) is 33.8 Å². The average Bonchev–Trinajstić information content (AvgIpc) is 3.15. The summed E-state index contributed by atoms with van der Waals surface area (Å²) in [4.78, 5) is 0. The van der Waals surface area contributed by atoms with Gasteiger partial charge in [0.15, 0.2) is 0 Å². The van der Waals surface area contributed by atoms with Crippen molar-refractivity contribution in [3.05, 3.63) is 141 Å². The van der Waals surface area contributed by atoms with Gasteiger partial charge in [0.2, 0.25) is 0 Å². The number of ether oxygens (including phenoxy) is 1. The number of para-hydroxylation sites is 1. The van der Waals surface area contributed by atoms with Gasteiger partial charge in [0, 0.05) is 21.2 Å². The lowest BCUT2D eigenvalue weighted by Gasteiger charge is -2.39. The Morgan fingerprint density at radius 3 is 1.71 bits per heavy atom. The number of halogens is 2. The largest absolute Gasteiger partial charge is 0.457 e. The van der Waals surface area contributed by atoms with E-state index in [9.17, 15) is 0 Å². The van der Waals surface area contributed by atoms with Crippen molar-refractivity contribution in [1.29, 1.82) is 0 Å². The molecule has 34 heavy (non-hydrogen) atoms. The molecule has 0 radical (unpaired) electrons. The van der Waals surface area contributed by atoms with E-state index in [2.05, 4.69) is 84.9 Å². The first-order chi connectivity index (χ1) is 16.7. The summed E-state index contributed by atoms with van der Waals surface area (Å²) in [6.07, 6.45) is 0. The van der Waals surface area contributed by atoms with E-state index in [-0.39, 0.29) is 0 Å². The first-order valence-electron chi connectivity index (χ1n) is 11.2. The fraction of sp³-hybridized carbons (Fsp3) is 0.0323. The molecule has 2 aliphatic rings. The van der Waals surface area contributed by atoms with Crippen molar-refractivity contribution in [2.45, 2.75) is 5.41 Å². The molecular formula is C31H18Cl2O. The van der Waals surface area contributed by atoms with Crippen molar-refractivity contribution >= 4 is 23.2 Å². The van der Waals surface area contributed by atoms with E-state index >= 15 is 0 Å². The topological polar surface area (TPSA) is 9.23 Å². The van der Waals surface area contributed by atoms with Crippen molar-refractivity contribution < 1.29 is 4.74 Å². The van der Waals surface area contributed by atoms with Gasteiger partial charge in [-0.3, -0.25) is 0 Å². The summed E-state index contributed by atoms with van der Waals surface area (Å²) in [6, 6.07) is 37.9. The zero-order valence-corrected chi connectivity index (χ0v) is 19.6. The molecule has 0 N–H and O–H groups in total. The first-order valence-corrected chi connectivity index (χ1v) is 12.0. The summed E-state index contributed by atoms with van der Waals surface area (Å²) in [7, 11) is 0. The van der Waals surface area contributed by atoms with Gasteiger partial charge in [-0.05, 0) is 69.8 Å². The van der Waals surface area contributed by atoms with Crippen molar-refractivity contribution in [2.24, 2.45) is 0 Å². The van der Waals surface area contributed by atoms with Gasteiger partial charge in [-0.25, -0.2) is 0 Å². The van der Waals surface area contributed by atoms with Crippen LogP contribution in [0, 0.1) is 0 Å². The number of hydrogen-bond acceptors (Lipinski definition) is 1. The molecule has 5 aromatic carbocycles. The minimum absolute atomic E-state index is 0.476. The lowest BCUT2D eigenvalue weighted by Crippen LogP contribution is -2.32. The van der Waals surface area contributed by atoms with E-state index in [1.165, 1.54) is 22.3 Å². The van der Waals surface area contributed by atoms with E-state index in [1.807, 2.05) is 18.2 Å². The van der Waals surface area contributed by atoms with Crippen LogP contribution >= 0.6 is 23.2 Å². The quantitative estimate of drug-likeness (QED) is 0.229. The highest BCUT2D eigenvalue weighted by atomic mass is 35.5. The lowest BCUT2D eigenvalue weighted by molar-refractivity contribution is 0.436. The van der Waals surface area contributed by atoms with Gasteiger partial charge in [0.1, 0.15) is 11.5 Å². The second-order valence-electron chi connectivity index (χ2n) is 8.81. The fourth-order valence-electron chi connectivity index (χ4n) is 5.76. The highest BCUT2D eigenvalue weighted by molar-refractivity contribution is 6.35. The summed E-state index contributed by atoms with van der Waals surface area (Å²) in [5.74, 6) is 1.75. The van der Waals surface area contributed by atoms with Crippen LogP contribution in [-0.2, 0) is 5.41 Å². The number of hydrogen-bond donors (Lipinski definition) is 0. The first kappa shape index (κ1) is 19.9. The van der Waals surface area contributed by atoms with Crippen molar-refractivity contribution in [1.82, 2.24) is 0 Å². The van der Waals surface area contributed by atoms with Gasteiger partial charge in [-0.15, -0.1) is 0 Å². The zero-order chi connectivity index (χ0) is 22.9. The molecule has 0 amide bonds. The van der Waals surface area contributed by atoms with Crippen LogP contribution in [0.25, 0.3) is 22.3 Å². The predicted octanol–water partition coefficient (Wildman–Crippen LogP) is 9.13. The maximum Gasteiger partial charge on any atom is 0.132 e. The highest BCUT2D eigenvalue weighted by Gasteiger charge is 2.50. The Morgan fingerprint density at radius 2 is 1.03 bits per heavy atom. The van der Waals surface area contributed by atoms with Gasteiger partial charge < -0.3 is 4.74 Å². The number of benzene rings is 5. The van der Waals surface area contributed by atoms with Crippen molar-refractivity contribution in [3.63, 3.8) is 0 Å². The van der Waals surface area contributed by atoms with E-state index in [0.29, 0.717) is 10.0 Å². The van der Waals surface area contributed by atoms with E-state index in [4.69, 9.17) is 27.9 Å².